The maximum absolute atomic E-state index is 13.1. The SMILES string of the molecule is COc1ccc(C2/C(=C(\O)c3ccccc3)C(=O)C(=O)N2c2cccc(Br)c2)cc1. The van der Waals surface area contributed by atoms with Gasteiger partial charge in [-0.05, 0) is 35.9 Å². The number of ketones is 1. The summed E-state index contributed by atoms with van der Waals surface area (Å²) in [6.07, 6.45) is 0. The van der Waals surface area contributed by atoms with Crippen LogP contribution in [0.4, 0.5) is 5.69 Å². The molecule has 1 aliphatic rings. The third-order valence-electron chi connectivity index (χ3n) is 5.01. The molecule has 6 heteroatoms. The molecule has 0 saturated carbocycles. The first kappa shape index (κ1) is 19.9. The second-order valence-electron chi connectivity index (χ2n) is 6.79. The monoisotopic (exact) mass is 463 g/mol. The highest BCUT2D eigenvalue weighted by atomic mass is 79.9. The van der Waals surface area contributed by atoms with Crippen molar-refractivity contribution >= 4 is 39.1 Å². The van der Waals surface area contributed by atoms with Crippen LogP contribution in [-0.2, 0) is 9.59 Å². The van der Waals surface area contributed by atoms with Crippen molar-refractivity contribution in [2.24, 2.45) is 0 Å². The Labute approximate surface area is 182 Å². The topological polar surface area (TPSA) is 66.8 Å². The predicted molar refractivity (Wildman–Crippen MR) is 118 cm³/mol. The fourth-order valence-electron chi connectivity index (χ4n) is 3.58. The van der Waals surface area contributed by atoms with Crippen LogP contribution < -0.4 is 9.64 Å². The molecule has 1 amide bonds. The minimum absolute atomic E-state index is 0.0522. The number of carbonyl (C=O) groups excluding carboxylic acids is 2. The number of methoxy groups -OCH3 is 1. The number of hydrogen-bond donors (Lipinski definition) is 1. The van der Waals surface area contributed by atoms with Crippen molar-refractivity contribution in [3.63, 3.8) is 0 Å². The van der Waals surface area contributed by atoms with Crippen molar-refractivity contribution < 1.29 is 19.4 Å². The Morgan fingerprint density at radius 1 is 0.967 bits per heavy atom. The number of anilines is 1. The zero-order valence-corrected chi connectivity index (χ0v) is 17.7. The molecule has 1 heterocycles. The lowest BCUT2D eigenvalue weighted by molar-refractivity contribution is -0.132. The minimum atomic E-state index is -0.773. The van der Waals surface area contributed by atoms with Crippen LogP contribution in [0, 0.1) is 0 Å². The molecular weight excluding hydrogens is 446 g/mol. The Morgan fingerprint density at radius 3 is 2.30 bits per heavy atom. The third-order valence-corrected chi connectivity index (χ3v) is 5.50. The summed E-state index contributed by atoms with van der Waals surface area (Å²) in [7, 11) is 1.57. The van der Waals surface area contributed by atoms with Gasteiger partial charge in [0.05, 0.1) is 18.7 Å². The Morgan fingerprint density at radius 2 is 1.67 bits per heavy atom. The predicted octanol–water partition coefficient (Wildman–Crippen LogP) is 5.08. The van der Waals surface area contributed by atoms with Crippen molar-refractivity contribution in [2.45, 2.75) is 6.04 Å². The van der Waals surface area contributed by atoms with Crippen LogP contribution in [0.5, 0.6) is 5.75 Å². The minimum Gasteiger partial charge on any atom is -0.507 e. The summed E-state index contributed by atoms with van der Waals surface area (Å²) in [6.45, 7) is 0. The molecule has 1 atom stereocenters. The highest BCUT2D eigenvalue weighted by molar-refractivity contribution is 9.10. The Hall–Kier alpha value is -3.38. The van der Waals surface area contributed by atoms with Gasteiger partial charge in [-0.3, -0.25) is 14.5 Å². The number of ether oxygens (including phenoxy) is 1. The lowest BCUT2D eigenvalue weighted by atomic mass is 9.95. The largest absolute Gasteiger partial charge is 0.507 e. The van der Waals surface area contributed by atoms with Gasteiger partial charge in [0.1, 0.15) is 11.5 Å². The molecule has 1 N–H and O–H groups in total. The number of hydrogen-bond acceptors (Lipinski definition) is 4. The lowest BCUT2D eigenvalue weighted by Crippen LogP contribution is -2.29. The number of carbonyl (C=O) groups is 2. The van der Waals surface area contributed by atoms with Gasteiger partial charge >= 0.3 is 0 Å². The van der Waals surface area contributed by atoms with Crippen LogP contribution in [0.3, 0.4) is 0 Å². The van der Waals surface area contributed by atoms with Gasteiger partial charge in [-0.25, -0.2) is 0 Å². The van der Waals surface area contributed by atoms with Crippen LogP contribution in [-0.4, -0.2) is 23.9 Å². The molecule has 0 aromatic heterocycles. The lowest BCUT2D eigenvalue weighted by Gasteiger charge is -2.25. The van der Waals surface area contributed by atoms with Gasteiger partial charge in [-0.15, -0.1) is 0 Å². The molecule has 0 radical (unpaired) electrons. The van der Waals surface area contributed by atoms with Gasteiger partial charge in [-0.1, -0.05) is 64.5 Å². The first-order valence-corrected chi connectivity index (χ1v) is 10.1. The Balaban J connectivity index is 1.94. The summed E-state index contributed by atoms with van der Waals surface area (Å²) >= 11 is 3.42. The van der Waals surface area contributed by atoms with Crippen LogP contribution in [0.15, 0.2) is 88.9 Å². The molecule has 4 rings (SSSR count). The molecule has 5 nitrogen and oxygen atoms in total. The Kier molecular flexibility index (Phi) is 5.42. The molecule has 3 aromatic carbocycles. The van der Waals surface area contributed by atoms with Gasteiger partial charge < -0.3 is 9.84 Å². The van der Waals surface area contributed by atoms with Gasteiger partial charge in [-0.2, -0.15) is 0 Å². The Bertz CT molecular complexity index is 1140. The fraction of sp³-hybridized carbons (Fsp3) is 0.0833. The summed E-state index contributed by atoms with van der Waals surface area (Å²) < 4.78 is 6.01. The zero-order chi connectivity index (χ0) is 21.3. The standard InChI is InChI=1S/C24H18BrNO4/c1-30-19-12-10-15(11-13-19)21-20(22(27)16-6-3-2-4-7-16)23(28)24(29)26(21)18-9-5-8-17(25)14-18/h2-14,21,27H,1H3/b22-20+. The maximum atomic E-state index is 13.1. The normalized spacial score (nSPS) is 17.9. The third kappa shape index (κ3) is 3.50. The quantitative estimate of drug-likeness (QED) is 0.332. The molecule has 150 valence electrons. The summed E-state index contributed by atoms with van der Waals surface area (Å²) in [4.78, 5) is 27.5. The molecular formula is C24H18BrNO4. The summed E-state index contributed by atoms with van der Waals surface area (Å²) in [5.41, 5.74) is 1.77. The van der Waals surface area contributed by atoms with Crippen molar-refractivity contribution in [3.8, 4) is 5.75 Å². The van der Waals surface area contributed by atoms with E-state index in [0.717, 1.165) is 4.47 Å². The molecule has 1 unspecified atom stereocenters. The van der Waals surface area contributed by atoms with Crippen molar-refractivity contribution in [1.29, 1.82) is 0 Å². The van der Waals surface area contributed by atoms with E-state index in [4.69, 9.17) is 4.74 Å². The highest BCUT2D eigenvalue weighted by Crippen LogP contribution is 2.42. The highest BCUT2D eigenvalue weighted by Gasteiger charge is 2.47. The number of Topliss-reactive ketones (excluding diaryl/α,β-unsaturated/α-hetero) is 1. The van der Waals surface area contributed by atoms with Gasteiger partial charge in [0.2, 0.25) is 0 Å². The summed E-state index contributed by atoms with van der Waals surface area (Å²) in [6, 6.07) is 22.2. The molecule has 0 spiro atoms. The number of rotatable bonds is 4. The number of aliphatic hydroxyl groups excluding tert-OH is 1. The van der Waals surface area contributed by atoms with Crippen LogP contribution in [0.25, 0.3) is 5.76 Å². The number of nitrogens with zero attached hydrogens (tertiary/aromatic N) is 1. The van der Waals surface area contributed by atoms with E-state index in [0.29, 0.717) is 22.6 Å². The molecule has 3 aromatic rings. The average molecular weight is 464 g/mol. The molecule has 30 heavy (non-hydrogen) atoms. The van der Waals surface area contributed by atoms with E-state index in [1.165, 1.54) is 4.90 Å². The van der Waals surface area contributed by atoms with Crippen LogP contribution in [0.2, 0.25) is 0 Å². The number of benzene rings is 3. The smallest absolute Gasteiger partial charge is 0.300 e. The first-order chi connectivity index (χ1) is 14.5. The fourth-order valence-corrected chi connectivity index (χ4v) is 3.97. The van der Waals surface area contributed by atoms with Gasteiger partial charge in [0.15, 0.2) is 0 Å². The van der Waals surface area contributed by atoms with Crippen LogP contribution >= 0.6 is 15.9 Å². The van der Waals surface area contributed by atoms with Crippen molar-refractivity contribution in [3.05, 3.63) is 100 Å². The van der Waals surface area contributed by atoms with E-state index in [1.54, 1.807) is 73.8 Å². The van der Waals surface area contributed by atoms with Gasteiger partial charge in [0, 0.05) is 15.7 Å². The number of aliphatic hydroxyl groups is 1. The summed E-state index contributed by atoms with van der Waals surface area (Å²) in [5.74, 6) is -0.961. The molecule has 0 aliphatic carbocycles. The number of halogens is 1. The van der Waals surface area contributed by atoms with Gasteiger partial charge in [0.25, 0.3) is 11.7 Å². The van der Waals surface area contributed by atoms with E-state index in [1.807, 2.05) is 12.1 Å². The van der Waals surface area contributed by atoms with E-state index in [2.05, 4.69) is 15.9 Å². The summed E-state index contributed by atoms with van der Waals surface area (Å²) in [5, 5.41) is 11.0. The van der Waals surface area contributed by atoms with Crippen molar-refractivity contribution in [1.82, 2.24) is 0 Å². The zero-order valence-electron chi connectivity index (χ0n) is 16.1. The molecule has 1 aliphatic heterocycles. The van der Waals surface area contributed by atoms with Crippen molar-refractivity contribution in [2.75, 3.05) is 12.0 Å². The van der Waals surface area contributed by atoms with Crippen LogP contribution in [0.1, 0.15) is 17.2 Å². The molecule has 1 saturated heterocycles. The molecule has 1 fully saturated rings. The second kappa shape index (κ2) is 8.16. The second-order valence-corrected chi connectivity index (χ2v) is 7.70. The van der Waals surface area contributed by atoms with E-state index in [9.17, 15) is 14.7 Å². The number of amides is 1. The molecule has 0 bridgehead atoms. The first-order valence-electron chi connectivity index (χ1n) is 9.27. The van der Waals surface area contributed by atoms with E-state index in [-0.39, 0.29) is 11.3 Å². The average Bonchev–Trinajstić information content (AvgIpc) is 3.04. The maximum Gasteiger partial charge on any atom is 0.300 e. The van der Waals surface area contributed by atoms with E-state index < -0.39 is 17.7 Å². The van der Waals surface area contributed by atoms with E-state index >= 15 is 0 Å².